The molecule has 1 aliphatic rings. The molecular weight excluding hydrogens is 378 g/mol. The van der Waals surface area contributed by atoms with E-state index >= 15 is 0 Å². The van der Waals surface area contributed by atoms with Crippen LogP contribution < -0.4 is 5.32 Å². The predicted molar refractivity (Wildman–Crippen MR) is 107 cm³/mol. The van der Waals surface area contributed by atoms with Crippen molar-refractivity contribution in [1.29, 1.82) is 5.26 Å². The number of alkyl halides is 2. The van der Waals surface area contributed by atoms with Gasteiger partial charge in [0.05, 0.1) is 12.0 Å². The minimum atomic E-state index is -2.86. The number of carbonyl (C=O) groups is 1. The Bertz CT molecular complexity index is 877. The van der Waals surface area contributed by atoms with E-state index in [9.17, 15) is 13.6 Å². The standard InChI is InChI=1S/C22H22F2N2OS/c1-28-16-8-6-15(7-9-16)17-4-2-3-5-18(17)19-10-11-22(23,24)14-20(19)21(27)26-13-12-25/h2-9,19-20H,10-11,13-14H2,1H3,(H,26,27)/t19-,20?/m0/s1. The number of benzene rings is 2. The second-order valence-corrected chi connectivity index (χ2v) is 7.88. The molecule has 28 heavy (non-hydrogen) atoms. The van der Waals surface area contributed by atoms with E-state index < -0.39 is 24.2 Å². The van der Waals surface area contributed by atoms with Crippen LogP contribution in [-0.4, -0.2) is 24.6 Å². The van der Waals surface area contributed by atoms with Crippen molar-refractivity contribution in [2.24, 2.45) is 5.92 Å². The van der Waals surface area contributed by atoms with Crippen LogP contribution in [0.25, 0.3) is 11.1 Å². The summed E-state index contributed by atoms with van der Waals surface area (Å²) in [6, 6.07) is 17.6. The molecule has 0 radical (unpaired) electrons. The van der Waals surface area contributed by atoms with Gasteiger partial charge in [-0.05, 0) is 47.4 Å². The molecule has 1 saturated carbocycles. The maximum atomic E-state index is 14.1. The molecule has 1 N–H and O–H groups in total. The lowest BCUT2D eigenvalue weighted by Gasteiger charge is -2.36. The number of nitrogens with zero attached hydrogens (tertiary/aromatic N) is 1. The summed E-state index contributed by atoms with van der Waals surface area (Å²) in [7, 11) is 0. The van der Waals surface area contributed by atoms with Crippen molar-refractivity contribution in [3.05, 3.63) is 54.1 Å². The molecule has 0 aliphatic heterocycles. The lowest BCUT2D eigenvalue weighted by Crippen LogP contribution is -2.41. The van der Waals surface area contributed by atoms with Gasteiger partial charge in [0.2, 0.25) is 11.8 Å². The Labute approximate surface area is 168 Å². The third-order valence-corrected chi connectivity index (χ3v) is 6.01. The summed E-state index contributed by atoms with van der Waals surface area (Å²) in [5.41, 5.74) is 2.87. The molecule has 0 heterocycles. The second kappa shape index (κ2) is 8.74. The smallest absolute Gasteiger partial charge is 0.249 e. The van der Waals surface area contributed by atoms with Crippen molar-refractivity contribution in [3.63, 3.8) is 0 Å². The van der Waals surface area contributed by atoms with Gasteiger partial charge in [-0.3, -0.25) is 4.79 Å². The van der Waals surface area contributed by atoms with Crippen molar-refractivity contribution in [1.82, 2.24) is 5.32 Å². The van der Waals surface area contributed by atoms with Gasteiger partial charge in [0.25, 0.3) is 0 Å². The minimum Gasteiger partial charge on any atom is -0.343 e. The molecular formula is C22H22F2N2OS. The van der Waals surface area contributed by atoms with E-state index in [1.807, 2.05) is 60.9 Å². The summed E-state index contributed by atoms with van der Waals surface area (Å²) in [6.45, 7) is -0.175. The highest BCUT2D eigenvalue weighted by molar-refractivity contribution is 7.98. The first-order valence-electron chi connectivity index (χ1n) is 9.21. The van der Waals surface area contributed by atoms with Crippen LogP contribution in [0, 0.1) is 17.2 Å². The summed E-state index contributed by atoms with van der Waals surface area (Å²) in [5, 5.41) is 11.2. The molecule has 0 spiro atoms. The largest absolute Gasteiger partial charge is 0.343 e. The predicted octanol–water partition coefficient (Wildman–Crippen LogP) is 5.23. The first kappa shape index (κ1) is 20.3. The van der Waals surface area contributed by atoms with E-state index in [0.717, 1.165) is 21.6 Å². The lowest BCUT2D eigenvalue weighted by atomic mass is 9.72. The van der Waals surface area contributed by atoms with Gasteiger partial charge >= 0.3 is 0 Å². The average Bonchev–Trinajstić information content (AvgIpc) is 2.71. The van der Waals surface area contributed by atoms with Crippen molar-refractivity contribution in [2.45, 2.75) is 36.0 Å². The Morgan fingerprint density at radius 1 is 1.25 bits per heavy atom. The average molecular weight is 400 g/mol. The van der Waals surface area contributed by atoms with Crippen LogP contribution in [0.4, 0.5) is 8.78 Å². The highest BCUT2D eigenvalue weighted by Crippen LogP contribution is 2.47. The fraction of sp³-hybridized carbons (Fsp3) is 0.364. The topological polar surface area (TPSA) is 52.9 Å². The fourth-order valence-electron chi connectivity index (χ4n) is 3.89. The molecule has 0 bridgehead atoms. The Morgan fingerprint density at radius 3 is 2.64 bits per heavy atom. The van der Waals surface area contributed by atoms with Gasteiger partial charge in [-0.25, -0.2) is 8.78 Å². The van der Waals surface area contributed by atoms with Crippen LogP contribution in [0.3, 0.4) is 0 Å². The summed E-state index contributed by atoms with van der Waals surface area (Å²) in [4.78, 5) is 13.7. The molecule has 2 atom stereocenters. The Balaban J connectivity index is 1.98. The summed E-state index contributed by atoms with van der Waals surface area (Å²) >= 11 is 1.65. The summed E-state index contributed by atoms with van der Waals surface area (Å²) in [5.74, 6) is -4.50. The van der Waals surface area contributed by atoms with Crippen LogP contribution in [0.2, 0.25) is 0 Å². The first-order valence-corrected chi connectivity index (χ1v) is 10.4. The molecule has 3 nitrogen and oxygen atoms in total. The molecule has 1 amide bonds. The number of hydrogen-bond donors (Lipinski definition) is 1. The minimum absolute atomic E-state index is 0.175. The SMILES string of the molecule is CSc1ccc(-c2ccccc2[C@@H]2CCC(F)(F)CC2C(=O)NCC#N)cc1. The number of rotatable bonds is 5. The maximum Gasteiger partial charge on any atom is 0.249 e. The number of carbonyl (C=O) groups excluding carboxylic acids is 1. The molecule has 1 unspecified atom stereocenters. The number of hydrogen-bond acceptors (Lipinski definition) is 3. The third kappa shape index (κ3) is 4.53. The summed E-state index contributed by atoms with van der Waals surface area (Å²) in [6.07, 6.45) is 1.52. The Morgan fingerprint density at radius 2 is 1.96 bits per heavy atom. The monoisotopic (exact) mass is 400 g/mol. The highest BCUT2D eigenvalue weighted by atomic mass is 32.2. The second-order valence-electron chi connectivity index (χ2n) is 7.00. The van der Waals surface area contributed by atoms with Crippen molar-refractivity contribution in [3.8, 4) is 17.2 Å². The zero-order valence-corrected chi connectivity index (χ0v) is 16.4. The van der Waals surface area contributed by atoms with Crippen LogP contribution in [0.15, 0.2) is 53.4 Å². The first-order chi connectivity index (χ1) is 13.4. The molecule has 6 heteroatoms. The van der Waals surface area contributed by atoms with Gasteiger partial charge in [0.1, 0.15) is 6.54 Å². The number of halogens is 2. The lowest BCUT2D eigenvalue weighted by molar-refractivity contribution is -0.133. The van der Waals surface area contributed by atoms with Crippen LogP contribution >= 0.6 is 11.8 Å². The Kier molecular flexibility index (Phi) is 6.35. The molecule has 1 aliphatic carbocycles. The number of amides is 1. The van der Waals surface area contributed by atoms with E-state index in [4.69, 9.17) is 5.26 Å². The molecule has 0 aromatic heterocycles. The van der Waals surface area contributed by atoms with Crippen molar-refractivity contribution < 1.29 is 13.6 Å². The van der Waals surface area contributed by atoms with Gasteiger partial charge in [-0.1, -0.05) is 36.4 Å². The van der Waals surface area contributed by atoms with Crippen LogP contribution in [0.5, 0.6) is 0 Å². The number of thioether (sulfide) groups is 1. The van der Waals surface area contributed by atoms with Gasteiger partial charge in [-0.2, -0.15) is 5.26 Å². The molecule has 2 aromatic rings. The third-order valence-electron chi connectivity index (χ3n) is 5.27. The van der Waals surface area contributed by atoms with Gasteiger partial charge in [0.15, 0.2) is 0 Å². The highest BCUT2D eigenvalue weighted by Gasteiger charge is 2.45. The molecule has 146 valence electrons. The molecule has 0 saturated heterocycles. The van der Waals surface area contributed by atoms with E-state index in [-0.39, 0.29) is 25.3 Å². The fourth-order valence-corrected chi connectivity index (χ4v) is 4.30. The van der Waals surface area contributed by atoms with E-state index in [1.54, 1.807) is 11.8 Å². The molecule has 2 aromatic carbocycles. The Hall–Kier alpha value is -2.39. The van der Waals surface area contributed by atoms with Gasteiger partial charge < -0.3 is 5.32 Å². The van der Waals surface area contributed by atoms with Crippen LogP contribution in [0.1, 0.15) is 30.7 Å². The maximum absolute atomic E-state index is 14.1. The van der Waals surface area contributed by atoms with E-state index in [0.29, 0.717) is 0 Å². The molecule has 1 fully saturated rings. The van der Waals surface area contributed by atoms with E-state index in [1.165, 1.54) is 0 Å². The van der Waals surface area contributed by atoms with Gasteiger partial charge in [-0.15, -0.1) is 11.8 Å². The van der Waals surface area contributed by atoms with Crippen molar-refractivity contribution >= 4 is 17.7 Å². The van der Waals surface area contributed by atoms with Crippen LogP contribution in [-0.2, 0) is 4.79 Å². The normalized spacial score (nSPS) is 20.9. The summed E-state index contributed by atoms with van der Waals surface area (Å²) < 4.78 is 28.2. The van der Waals surface area contributed by atoms with Gasteiger partial charge in [0, 0.05) is 17.7 Å². The number of nitriles is 1. The number of nitrogens with one attached hydrogen (secondary N) is 1. The zero-order valence-electron chi connectivity index (χ0n) is 15.6. The quantitative estimate of drug-likeness (QED) is 0.552. The zero-order chi connectivity index (χ0) is 20.1. The molecule has 3 rings (SSSR count). The van der Waals surface area contributed by atoms with Crippen molar-refractivity contribution in [2.75, 3.05) is 12.8 Å². The van der Waals surface area contributed by atoms with E-state index in [2.05, 4.69) is 5.32 Å².